The number of aliphatic hydroxyl groups is 1. The molecule has 3 nitrogen and oxygen atoms in total. The summed E-state index contributed by atoms with van der Waals surface area (Å²) in [6.45, 7) is 0.153. The van der Waals surface area contributed by atoms with Crippen LogP contribution < -0.4 is 0 Å². The highest BCUT2D eigenvalue weighted by Gasteiger charge is 2.08. The maximum absolute atomic E-state index is 8.73. The van der Waals surface area contributed by atoms with Gasteiger partial charge in [-0.1, -0.05) is 22.8 Å². The molecule has 0 unspecified atom stereocenters. The summed E-state index contributed by atoms with van der Waals surface area (Å²) in [5.74, 6) is 0.771. The standard InChI is InChI=1S/C12H11BrClNO2/c13-10-4-3-8(6-11(10)14)12-7-9(17-15-12)2-1-5-16/h3-4,6-7,16H,1-2,5H2. The first kappa shape index (κ1) is 12.6. The summed E-state index contributed by atoms with van der Waals surface area (Å²) in [7, 11) is 0. The van der Waals surface area contributed by atoms with E-state index in [1.807, 2.05) is 24.3 Å². The van der Waals surface area contributed by atoms with E-state index in [4.69, 9.17) is 21.2 Å². The summed E-state index contributed by atoms with van der Waals surface area (Å²) in [5.41, 5.74) is 1.67. The van der Waals surface area contributed by atoms with Crippen molar-refractivity contribution in [3.8, 4) is 11.3 Å². The van der Waals surface area contributed by atoms with E-state index in [1.54, 1.807) is 0 Å². The van der Waals surface area contributed by atoms with Gasteiger partial charge in [0.2, 0.25) is 0 Å². The van der Waals surface area contributed by atoms with Crippen LogP contribution in [0.3, 0.4) is 0 Å². The Balaban J connectivity index is 2.21. The van der Waals surface area contributed by atoms with Crippen molar-refractivity contribution in [2.75, 3.05) is 6.61 Å². The third-order valence-electron chi connectivity index (χ3n) is 2.36. The molecule has 0 saturated heterocycles. The minimum atomic E-state index is 0.153. The fourth-order valence-electron chi connectivity index (χ4n) is 1.48. The summed E-state index contributed by atoms with van der Waals surface area (Å²) < 4.78 is 6.03. The van der Waals surface area contributed by atoms with Crippen LogP contribution in [-0.2, 0) is 6.42 Å². The average molecular weight is 317 g/mol. The molecule has 5 heteroatoms. The molecule has 0 aliphatic rings. The van der Waals surface area contributed by atoms with Crippen molar-refractivity contribution in [3.05, 3.63) is 39.5 Å². The van der Waals surface area contributed by atoms with E-state index in [9.17, 15) is 0 Å². The van der Waals surface area contributed by atoms with Crippen molar-refractivity contribution in [1.82, 2.24) is 5.16 Å². The van der Waals surface area contributed by atoms with E-state index in [1.165, 1.54) is 0 Å². The Labute approximate surface area is 113 Å². The zero-order chi connectivity index (χ0) is 12.3. The van der Waals surface area contributed by atoms with Crippen molar-refractivity contribution in [2.45, 2.75) is 12.8 Å². The van der Waals surface area contributed by atoms with Crippen LogP contribution in [0.15, 0.2) is 33.3 Å². The number of aryl methyl sites for hydroxylation is 1. The molecule has 2 aromatic rings. The lowest BCUT2D eigenvalue weighted by molar-refractivity contribution is 0.280. The lowest BCUT2D eigenvalue weighted by atomic mass is 10.1. The molecule has 0 saturated carbocycles. The molecule has 0 radical (unpaired) electrons. The lowest BCUT2D eigenvalue weighted by Gasteiger charge is -1.98. The van der Waals surface area contributed by atoms with E-state index in [0.29, 0.717) is 17.9 Å². The minimum Gasteiger partial charge on any atom is -0.396 e. The molecule has 1 N–H and O–H groups in total. The van der Waals surface area contributed by atoms with Crippen LogP contribution in [0.5, 0.6) is 0 Å². The molecular weight excluding hydrogens is 305 g/mol. The summed E-state index contributed by atoms with van der Waals surface area (Å²) in [4.78, 5) is 0. The smallest absolute Gasteiger partial charge is 0.137 e. The van der Waals surface area contributed by atoms with Crippen molar-refractivity contribution < 1.29 is 9.63 Å². The van der Waals surface area contributed by atoms with Crippen LogP contribution >= 0.6 is 27.5 Å². The van der Waals surface area contributed by atoms with E-state index in [2.05, 4.69) is 21.1 Å². The molecule has 0 atom stereocenters. The number of aliphatic hydroxyl groups excluding tert-OH is 1. The SMILES string of the molecule is OCCCc1cc(-c2ccc(Br)c(Cl)c2)no1. The van der Waals surface area contributed by atoms with Crippen LogP contribution in [0.2, 0.25) is 5.02 Å². The Morgan fingerprint density at radius 2 is 2.18 bits per heavy atom. The normalized spacial score (nSPS) is 10.8. The van der Waals surface area contributed by atoms with Gasteiger partial charge in [0.25, 0.3) is 0 Å². The first-order valence-corrected chi connectivity index (χ1v) is 6.39. The van der Waals surface area contributed by atoms with Crippen molar-refractivity contribution in [2.24, 2.45) is 0 Å². The molecule has 1 heterocycles. The largest absolute Gasteiger partial charge is 0.396 e. The maximum Gasteiger partial charge on any atom is 0.137 e. The number of halogens is 2. The zero-order valence-electron chi connectivity index (χ0n) is 8.99. The Kier molecular flexibility index (Phi) is 4.20. The fourth-order valence-corrected chi connectivity index (χ4v) is 1.90. The number of aromatic nitrogens is 1. The average Bonchev–Trinajstić information content (AvgIpc) is 2.79. The molecular formula is C12H11BrClNO2. The molecule has 0 aliphatic heterocycles. The molecule has 0 amide bonds. The Morgan fingerprint density at radius 3 is 2.88 bits per heavy atom. The monoisotopic (exact) mass is 315 g/mol. The fraction of sp³-hybridized carbons (Fsp3) is 0.250. The van der Waals surface area contributed by atoms with Gasteiger partial charge in [0.1, 0.15) is 11.5 Å². The van der Waals surface area contributed by atoms with Crippen LogP contribution in [0.25, 0.3) is 11.3 Å². The van der Waals surface area contributed by atoms with Crippen LogP contribution in [0, 0.1) is 0 Å². The molecule has 2 rings (SSSR count). The van der Waals surface area contributed by atoms with Gasteiger partial charge in [-0.25, -0.2) is 0 Å². The zero-order valence-corrected chi connectivity index (χ0v) is 11.3. The van der Waals surface area contributed by atoms with Crippen LogP contribution in [0.1, 0.15) is 12.2 Å². The van der Waals surface area contributed by atoms with Gasteiger partial charge in [0, 0.05) is 29.1 Å². The maximum atomic E-state index is 8.73. The van der Waals surface area contributed by atoms with E-state index >= 15 is 0 Å². The van der Waals surface area contributed by atoms with Gasteiger partial charge in [0.05, 0.1) is 5.02 Å². The number of hydrogen-bond acceptors (Lipinski definition) is 3. The van der Waals surface area contributed by atoms with Crippen LogP contribution in [-0.4, -0.2) is 16.9 Å². The Hall–Kier alpha value is -0.840. The molecule has 0 aliphatic carbocycles. The molecule has 1 aromatic heterocycles. The van der Waals surface area contributed by atoms with Crippen molar-refractivity contribution in [3.63, 3.8) is 0 Å². The second-order valence-electron chi connectivity index (χ2n) is 3.63. The van der Waals surface area contributed by atoms with Gasteiger partial charge in [-0.05, 0) is 34.5 Å². The van der Waals surface area contributed by atoms with Gasteiger partial charge in [-0.3, -0.25) is 0 Å². The number of rotatable bonds is 4. The Morgan fingerprint density at radius 1 is 1.35 bits per heavy atom. The first-order valence-electron chi connectivity index (χ1n) is 5.22. The second kappa shape index (κ2) is 5.67. The summed E-state index contributed by atoms with van der Waals surface area (Å²) in [6.07, 6.45) is 1.36. The minimum absolute atomic E-state index is 0.153. The molecule has 0 spiro atoms. The third-order valence-corrected chi connectivity index (χ3v) is 3.59. The second-order valence-corrected chi connectivity index (χ2v) is 4.90. The van der Waals surface area contributed by atoms with Gasteiger partial charge < -0.3 is 9.63 Å². The van der Waals surface area contributed by atoms with E-state index in [0.717, 1.165) is 21.5 Å². The van der Waals surface area contributed by atoms with Crippen LogP contribution in [0.4, 0.5) is 0 Å². The summed E-state index contributed by atoms with van der Waals surface area (Å²) >= 11 is 9.35. The molecule has 0 bridgehead atoms. The van der Waals surface area contributed by atoms with Crippen molar-refractivity contribution in [1.29, 1.82) is 0 Å². The molecule has 17 heavy (non-hydrogen) atoms. The molecule has 90 valence electrons. The van der Waals surface area contributed by atoms with Crippen molar-refractivity contribution >= 4 is 27.5 Å². The van der Waals surface area contributed by atoms with Gasteiger partial charge in [0.15, 0.2) is 0 Å². The lowest BCUT2D eigenvalue weighted by Crippen LogP contribution is -1.86. The topological polar surface area (TPSA) is 46.3 Å². The summed E-state index contributed by atoms with van der Waals surface area (Å²) in [5, 5.41) is 13.4. The highest BCUT2D eigenvalue weighted by Crippen LogP contribution is 2.28. The van der Waals surface area contributed by atoms with E-state index in [-0.39, 0.29) is 6.61 Å². The number of benzene rings is 1. The highest BCUT2D eigenvalue weighted by molar-refractivity contribution is 9.10. The van der Waals surface area contributed by atoms with Gasteiger partial charge >= 0.3 is 0 Å². The highest BCUT2D eigenvalue weighted by atomic mass is 79.9. The predicted molar refractivity (Wildman–Crippen MR) is 70.1 cm³/mol. The molecule has 0 fully saturated rings. The number of nitrogens with zero attached hydrogens (tertiary/aromatic N) is 1. The number of hydrogen-bond donors (Lipinski definition) is 1. The molecule has 1 aromatic carbocycles. The first-order chi connectivity index (χ1) is 8.20. The predicted octanol–water partition coefficient (Wildman–Crippen LogP) is 3.68. The third kappa shape index (κ3) is 3.09. The van der Waals surface area contributed by atoms with E-state index < -0.39 is 0 Å². The van der Waals surface area contributed by atoms with Gasteiger partial charge in [-0.2, -0.15) is 0 Å². The van der Waals surface area contributed by atoms with Gasteiger partial charge in [-0.15, -0.1) is 0 Å². The summed E-state index contributed by atoms with van der Waals surface area (Å²) in [6, 6.07) is 7.50. The Bertz CT molecular complexity index is 513. The quantitative estimate of drug-likeness (QED) is 0.936.